The number of sulfone groups is 1. The van der Waals surface area contributed by atoms with Crippen molar-refractivity contribution in [3.63, 3.8) is 0 Å². The molecule has 2 heterocycles. The van der Waals surface area contributed by atoms with Crippen LogP contribution in [0.25, 0.3) is 0 Å². The van der Waals surface area contributed by atoms with E-state index in [1.807, 2.05) is 18.7 Å². The number of hydrogen-bond acceptors (Lipinski definition) is 7. The van der Waals surface area contributed by atoms with Crippen LogP contribution in [0.3, 0.4) is 0 Å². The molecule has 1 saturated heterocycles. The Morgan fingerprint density at radius 2 is 2.10 bits per heavy atom. The average Bonchev–Trinajstić information content (AvgIpc) is 2.58. The molecule has 1 fully saturated rings. The molecule has 8 heteroatoms. The third kappa shape index (κ3) is 3.60. The first-order valence-electron chi connectivity index (χ1n) is 6.78. The second-order valence-electron chi connectivity index (χ2n) is 5.25. The summed E-state index contributed by atoms with van der Waals surface area (Å²) in [6, 6.07) is 2.07. The van der Waals surface area contributed by atoms with Gasteiger partial charge in [-0.2, -0.15) is 5.26 Å². The highest BCUT2D eigenvalue weighted by molar-refractivity contribution is 7.91. The Morgan fingerprint density at radius 1 is 1.38 bits per heavy atom. The lowest BCUT2D eigenvalue weighted by molar-refractivity contribution is 0.245. The Morgan fingerprint density at radius 3 is 2.71 bits per heavy atom. The van der Waals surface area contributed by atoms with E-state index in [0.717, 1.165) is 5.00 Å². The maximum absolute atomic E-state index is 11.7. The van der Waals surface area contributed by atoms with E-state index in [0.29, 0.717) is 35.8 Å². The van der Waals surface area contributed by atoms with Crippen molar-refractivity contribution in [1.29, 1.82) is 5.26 Å². The van der Waals surface area contributed by atoms with Crippen LogP contribution in [0.2, 0.25) is 0 Å². The second kappa shape index (κ2) is 6.12. The number of nitrogens with zero attached hydrogens (tertiary/aromatic N) is 2. The van der Waals surface area contributed by atoms with E-state index in [2.05, 4.69) is 6.07 Å². The van der Waals surface area contributed by atoms with E-state index in [1.54, 1.807) is 0 Å². The summed E-state index contributed by atoms with van der Waals surface area (Å²) in [4.78, 5) is 2.37. The van der Waals surface area contributed by atoms with Gasteiger partial charge in [0, 0.05) is 13.1 Å². The lowest BCUT2D eigenvalue weighted by Gasteiger charge is -2.22. The van der Waals surface area contributed by atoms with E-state index < -0.39 is 9.84 Å². The molecule has 0 radical (unpaired) electrons. The lowest BCUT2D eigenvalue weighted by Crippen LogP contribution is -2.26. The van der Waals surface area contributed by atoms with Gasteiger partial charge < -0.3 is 15.4 Å². The number of rotatable bonds is 3. The maximum Gasteiger partial charge on any atom is 0.178 e. The summed E-state index contributed by atoms with van der Waals surface area (Å²) in [7, 11) is -2.98. The van der Waals surface area contributed by atoms with E-state index in [-0.39, 0.29) is 17.6 Å². The van der Waals surface area contributed by atoms with E-state index in [1.165, 1.54) is 11.3 Å². The Bertz CT molecular complexity index is 659. The van der Waals surface area contributed by atoms with Crippen LogP contribution in [-0.4, -0.2) is 39.1 Å². The Balaban J connectivity index is 2.36. The molecule has 2 rings (SSSR count). The molecular weight excluding hydrogens is 310 g/mol. The summed E-state index contributed by atoms with van der Waals surface area (Å²) in [5.41, 5.74) is 6.33. The predicted octanol–water partition coefficient (Wildman–Crippen LogP) is 1.61. The van der Waals surface area contributed by atoms with Crippen LogP contribution in [0.4, 0.5) is 10.7 Å². The van der Waals surface area contributed by atoms with Gasteiger partial charge >= 0.3 is 0 Å². The summed E-state index contributed by atoms with van der Waals surface area (Å²) < 4.78 is 29.2. The van der Waals surface area contributed by atoms with Crippen molar-refractivity contribution in [2.24, 2.45) is 0 Å². The number of hydrogen-bond donors (Lipinski definition) is 1. The van der Waals surface area contributed by atoms with E-state index >= 15 is 0 Å². The first kappa shape index (κ1) is 15.9. The molecule has 0 aliphatic carbocycles. The van der Waals surface area contributed by atoms with Crippen molar-refractivity contribution < 1.29 is 13.2 Å². The van der Waals surface area contributed by atoms with Crippen LogP contribution in [-0.2, 0) is 9.84 Å². The van der Waals surface area contributed by atoms with Gasteiger partial charge in [-0.15, -0.1) is 11.3 Å². The molecule has 0 saturated carbocycles. The smallest absolute Gasteiger partial charge is 0.178 e. The molecule has 21 heavy (non-hydrogen) atoms. The third-order valence-corrected chi connectivity index (χ3v) is 6.05. The van der Waals surface area contributed by atoms with Gasteiger partial charge in [-0.05, 0) is 20.3 Å². The van der Waals surface area contributed by atoms with Crippen molar-refractivity contribution in [3.05, 3.63) is 4.88 Å². The van der Waals surface area contributed by atoms with Crippen molar-refractivity contribution >= 4 is 31.9 Å². The Hall–Kier alpha value is -1.46. The molecule has 116 valence electrons. The third-order valence-electron chi connectivity index (χ3n) is 3.18. The molecular formula is C13H19N3O3S2. The van der Waals surface area contributed by atoms with Crippen LogP contribution < -0.4 is 15.4 Å². The van der Waals surface area contributed by atoms with E-state index in [4.69, 9.17) is 15.7 Å². The van der Waals surface area contributed by atoms with Gasteiger partial charge in [0.05, 0.1) is 17.6 Å². The molecule has 2 N–H and O–H groups in total. The largest absolute Gasteiger partial charge is 0.486 e. The highest BCUT2D eigenvalue weighted by Crippen LogP contribution is 2.45. The zero-order valence-electron chi connectivity index (χ0n) is 12.1. The Labute approximate surface area is 129 Å². The first-order chi connectivity index (χ1) is 9.84. The van der Waals surface area contributed by atoms with Crippen molar-refractivity contribution in [2.75, 3.05) is 35.2 Å². The number of nitrogens with two attached hydrogens (primary N) is 1. The number of ether oxygens (including phenoxy) is 1. The van der Waals surface area contributed by atoms with Crippen LogP contribution in [0.15, 0.2) is 0 Å². The standard InChI is InChI=1S/C13H19N3O3S2/c1-9(2)19-12-11(15)10(8-14)20-13(12)16-4-3-6-21(17,18)7-5-16/h9H,3-7,15H2,1-2H3. The van der Waals surface area contributed by atoms with Gasteiger partial charge in [-0.25, -0.2) is 8.42 Å². The molecule has 0 amide bonds. The number of thiophene rings is 1. The summed E-state index contributed by atoms with van der Waals surface area (Å²) in [5.74, 6) is 0.828. The second-order valence-corrected chi connectivity index (χ2v) is 8.55. The van der Waals surface area contributed by atoms with Crippen molar-refractivity contribution in [2.45, 2.75) is 26.4 Å². The van der Waals surface area contributed by atoms with Crippen molar-refractivity contribution in [3.8, 4) is 11.8 Å². The fourth-order valence-electron chi connectivity index (χ4n) is 2.20. The predicted molar refractivity (Wildman–Crippen MR) is 84.7 cm³/mol. The van der Waals surface area contributed by atoms with Crippen LogP contribution in [0.5, 0.6) is 5.75 Å². The number of nitrogen functional groups attached to an aromatic ring is 1. The Kier molecular flexibility index (Phi) is 4.64. The fourth-order valence-corrected chi connectivity index (χ4v) is 4.47. The van der Waals surface area contributed by atoms with Gasteiger partial charge in [-0.3, -0.25) is 0 Å². The normalized spacial score (nSPS) is 18.3. The average molecular weight is 329 g/mol. The first-order valence-corrected chi connectivity index (χ1v) is 9.42. The number of nitriles is 1. The van der Waals surface area contributed by atoms with Gasteiger partial charge in [0.1, 0.15) is 21.6 Å². The fraction of sp³-hybridized carbons (Fsp3) is 0.615. The molecule has 1 aliphatic heterocycles. The zero-order chi connectivity index (χ0) is 15.6. The van der Waals surface area contributed by atoms with Crippen LogP contribution in [0.1, 0.15) is 25.1 Å². The van der Waals surface area contributed by atoms with E-state index in [9.17, 15) is 8.42 Å². The molecule has 0 bridgehead atoms. The quantitative estimate of drug-likeness (QED) is 0.905. The maximum atomic E-state index is 11.7. The summed E-state index contributed by atoms with van der Waals surface area (Å²) in [6.07, 6.45) is 0.506. The van der Waals surface area contributed by atoms with Crippen LogP contribution >= 0.6 is 11.3 Å². The highest BCUT2D eigenvalue weighted by atomic mass is 32.2. The van der Waals surface area contributed by atoms with Crippen LogP contribution in [0, 0.1) is 11.3 Å². The molecule has 0 unspecified atom stereocenters. The molecule has 1 aromatic rings. The molecule has 0 spiro atoms. The molecule has 0 aromatic carbocycles. The highest BCUT2D eigenvalue weighted by Gasteiger charge is 2.26. The zero-order valence-corrected chi connectivity index (χ0v) is 13.8. The van der Waals surface area contributed by atoms with Gasteiger partial charge in [0.15, 0.2) is 15.6 Å². The SMILES string of the molecule is CC(C)Oc1c(N2CCCS(=O)(=O)CC2)sc(C#N)c1N. The van der Waals surface area contributed by atoms with Gasteiger partial charge in [0.2, 0.25) is 0 Å². The summed E-state index contributed by atoms with van der Waals surface area (Å²) in [5, 5.41) is 9.90. The summed E-state index contributed by atoms with van der Waals surface area (Å²) in [6.45, 7) is 4.81. The number of anilines is 2. The minimum absolute atomic E-state index is 0.0668. The lowest BCUT2D eigenvalue weighted by atomic mass is 10.3. The van der Waals surface area contributed by atoms with Crippen molar-refractivity contribution in [1.82, 2.24) is 0 Å². The van der Waals surface area contributed by atoms with Gasteiger partial charge in [-0.1, -0.05) is 0 Å². The molecule has 1 aliphatic rings. The topological polar surface area (TPSA) is 96.4 Å². The minimum Gasteiger partial charge on any atom is -0.486 e. The monoisotopic (exact) mass is 329 g/mol. The molecule has 1 aromatic heterocycles. The van der Waals surface area contributed by atoms with Gasteiger partial charge in [0.25, 0.3) is 0 Å². The molecule has 0 atom stereocenters. The summed E-state index contributed by atoms with van der Waals surface area (Å²) >= 11 is 1.26. The molecule has 6 nitrogen and oxygen atoms in total. The minimum atomic E-state index is -2.98.